The standard InChI is InChI=1S/C15H23N3O2/c1-17(2)13-6-4-5-12(9-13)15(19)18(3)11-14-10-16-7-8-20-14/h4-6,9,14,16H,7-8,10-11H2,1-3H3. The predicted molar refractivity (Wildman–Crippen MR) is 80.3 cm³/mol. The summed E-state index contributed by atoms with van der Waals surface area (Å²) in [6.45, 7) is 3.01. The normalized spacial score (nSPS) is 18.6. The first-order valence-electron chi connectivity index (χ1n) is 6.93. The fourth-order valence-electron chi connectivity index (χ4n) is 2.26. The van der Waals surface area contributed by atoms with E-state index < -0.39 is 0 Å². The average molecular weight is 277 g/mol. The molecule has 0 aliphatic carbocycles. The molecule has 1 aromatic carbocycles. The van der Waals surface area contributed by atoms with Crippen molar-refractivity contribution in [2.24, 2.45) is 0 Å². The fourth-order valence-corrected chi connectivity index (χ4v) is 2.26. The zero-order valence-electron chi connectivity index (χ0n) is 12.4. The van der Waals surface area contributed by atoms with Crippen molar-refractivity contribution in [2.45, 2.75) is 6.10 Å². The van der Waals surface area contributed by atoms with Crippen molar-refractivity contribution < 1.29 is 9.53 Å². The van der Waals surface area contributed by atoms with Gasteiger partial charge in [-0.15, -0.1) is 0 Å². The van der Waals surface area contributed by atoms with Crippen molar-refractivity contribution in [1.29, 1.82) is 0 Å². The first kappa shape index (κ1) is 14.8. The minimum Gasteiger partial charge on any atom is -0.378 e. The predicted octanol–water partition coefficient (Wildman–Crippen LogP) is 0.813. The van der Waals surface area contributed by atoms with E-state index >= 15 is 0 Å². The highest BCUT2D eigenvalue weighted by molar-refractivity contribution is 5.95. The Hall–Kier alpha value is -1.59. The van der Waals surface area contributed by atoms with Crippen LogP contribution in [0.4, 0.5) is 5.69 Å². The van der Waals surface area contributed by atoms with Crippen LogP contribution in [0.25, 0.3) is 0 Å². The molecule has 1 unspecified atom stereocenters. The number of morpholine rings is 1. The number of rotatable bonds is 4. The van der Waals surface area contributed by atoms with E-state index in [2.05, 4.69) is 5.32 Å². The van der Waals surface area contributed by atoms with Gasteiger partial charge in [0.15, 0.2) is 0 Å². The zero-order chi connectivity index (χ0) is 14.5. The number of ether oxygens (including phenoxy) is 1. The Morgan fingerprint density at radius 2 is 2.20 bits per heavy atom. The molecule has 1 atom stereocenters. The summed E-state index contributed by atoms with van der Waals surface area (Å²) in [5.41, 5.74) is 1.74. The number of anilines is 1. The van der Waals surface area contributed by atoms with Gasteiger partial charge in [0.05, 0.1) is 12.7 Å². The maximum atomic E-state index is 12.4. The van der Waals surface area contributed by atoms with E-state index in [1.807, 2.05) is 50.3 Å². The van der Waals surface area contributed by atoms with Gasteiger partial charge in [0, 0.05) is 52.0 Å². The molecular formula is C15H23N3O2. The summed E-state index contributed by atoms with van der Waals surface area (Å²) in [6.07, 6.45) is 0.0785. The van der Waals surface area contributed by atoms with Gasteiger partial charge in [-0.3, -0.25) is 4.79 Å². The van der Waals surface area contributed by atoms with Crippen LogP contribution >= 0.6 is 0 Å². The summed E-state index contributed by atoms with van der Waals surface area (Å²) in [5.74, 6) is 0.0304. The average Bonchev–Trinajstić information content (AvgIpc) is 2.47. The second-order valence-electron chi connectivity index (χ2n) is 5.33. The quantitative estimate of drug-likeness (QED) is 0.885. The van der Waals surface area contributed by atoms with Crippen LogP contribution in [0.15, 0.2) is 24.3 Å². The van der Waals surface area contributed by atoms with Gasteiger partial charge >= 0.3 is 0 Å². The largest absolute Gasteiger partial charge is 0.378 e. The summed E-state index contributed by atoms with van der Waals surface area (Å²) in [4.78, 5) is 16.1. The molecule has 0 bridgehead atoms. The monoisotopic (exact) mass is 277 g/mol. The van der Waals surface area contributed by atoms with Crippen LogP contribution in [0.3, 0.4) is 0 Å². The molecule has 5 heteroatoms. The highest BCUT2D eigenvalue weighted by Crippen LogP contribution is 2.15. The number of carbonyl (C=O) groups excluding carboxylic acids is 1. The lowest BCUT2D eigenvalue weighted by Gasteiger charge is -2.28. The first-order chi connectivity index (χ1) is 9.58. The van der Waals surface area contributed by atoms with Crippen molar-refractivity contribution in [3.63, 3.8) is 0 Å². The van der Waals surface area contributed by atoms with Gasteiger partial charge in [0.25, 0.3) is 5.91 Å². The van der Waals surface area contributed by atoms with E-state index in [1.54, 1.807) is 4.90 Å². The molecular weight excluding hydrogens is 254 g/mol. The third kappa shape index (κ3) is 3.71. The number of hydrogen-bond acceptors (Lipinski definition) is 4. The summed E-state index contributed by atoms with van der Waals surface area (Å²) < 4.78 is 5.63. The molecule has 1 heterocycles. The highest BCUT2D eigenvalue weighted by atomic mass is 16.5. The Morgan fingerprint density at radius 3 is 2.85 bits per heavy atom. The Bertz CT molecular complexity index is 456. The highest BCUT2D eigenvalue weighted by Gasteiger charge is 2.19. The van der Waals surface area contributed by atoms with Crippen LogP contribution in [-0.4, -0.2) is 64.3 Å². The van der Waals surface area contributed by atoms with E-state index in [0.717, 1.165) is 18.8 Å². The number of benzene rings is 1. The van der Waals surface area contributed by atoms with Crippen LogP contribution in [0, 0.1) is 0 Å². The third-order valence-electron chi connectivity index (χ3n) is 3.44. The van der Waals surface area contributed by atoms with E-state index in [-0.39, 0.29) is 12.0 Å². The van der Waals surface area contributed by atoms with Crippen molar-refractivity contribution in [2.75, 3.05) is 52.3 Å². The minimum atomic E-state index is 0.0304. The molecule has 1 saturated heterocycles. The number of carbonyl (C=O) groups is 1. The van der Waals surface area contributed by atoms with Gasteiger partial charge in [-0.1, -0.05) is 6.07 Å². The van der Waals surface area contributed by atoms with Gasteiger partial charge in [-0.2, -0.15) is 0 Å². The molecule has 2 rings (SSSR count). The zero-order valence-corrected chi connectivity index (χ0v) is 12.4. The lowest BCUT2D eigenvalue weighted by Crippen LogP contribution is -2.45. The Balaban J connectivity index is 2.00. The van der Waals surface area contributed by atoms with Crippen LogP contribution < -0.4 is 10.2 Å². The molecule has 1 N–H and O–H groups in total. The van der Waals surface area contributed by atoms with Gasteiger partial charge in [-0.25, -0.2) is 0 Å². The number of nitrogens with one attached hydrogen (secondary N) is 1. The maximum absolute atomic E-state index is 12.4. The van der Waals surface area contributed by atoms with Crippen molar-refractivity contribution in [1.82, 2.24) is 10.2 Å². The van der Waals surface area contributed by atoms with Gasteiger partial charge in [0.1, 0.15) is 0 Å². The Labute approximate surface area is 120 Å². The minimum absolute atomic E-state index is 0.0304. The van der Waals surface area contributed by atoms with Crippen molar-refractivity contribution in [3.8, 4) is 0 Å². The number of likely N-dealkylation sites (N-methyl/N-ethyl adjacent to an activating group) is 1. The molecule has 0 saturated carbocycles. The van der Waals surface area contributed by atoms with Gasteiger partial charge in [-0.05, 0) is 18.2 Å². The van der Waals surface area contributed by atoms with Crippen LogP contribution in [0.5, 0.6) is 0 Å². The lowest BCUT2D eigenvalue weighted by atomic mass is 10.1. The molecule has 1 aromatic rings. The maximum Gasteiger partial charge on any atom is 0.253 e. The molecule has 0 radical (unpaired) electrons. The SMILES string of the molecule is CN(CC1CNCCO1)C(=O)c1cccc(N(C)C)c1. The second kappa shape index (κ2) is 6.72. The molecule has 1 aliphatic heterocycles. The van der Waals surface area contributed by atoms with Crippen molar-refractivity contribution in [3.05, 3.63) is 29.8 Å². The third-order valence-corrected chi connectivity index (χ3v) is 3.44. The van der Waals surface area contributed by atoms with Crippen LogP contribution in [0.2, 0.25) is 0 Å². The van der Waals surface area contributed by atoms with Crippen molar-refractivity contribution >= 4 is 11.6 Å². The number of amides is 1. The Morgan fingerprint density at radius 1 is 1.40 bits per heavy atom. The Kier molecular flexibility index (Phi) is 4.98. The molecule has 1 fully saturated rings. The van der Waals surface area contributed by atoms with E-state index in [1.165, 1.54) is 0 Å². The summed E-state index contributed by atoms with van der Waals surface area (Å²) >= 11 is 0. The molecule has 0 aromatic heterocycles. The second-order valence-corrected chi connectivity index (χ2v) is 5.33. The molecule has 1 amide bonds. The smallest absolute Gasteiger partial charge is 0.253 e. The van der Waals surface area contributed by atoms with E-state index in [9.17, 15) is 4.79 Å². The topological polar surface area (TPSA) is 44.8 Å². The lowest BCUT2D eigenvalue weighted by molar-refractivity contribution is 0.0104. The van der Waals surface area contributed by atoms with Gasteiger partial charge < -0.3 is 19.9 Å². The number of nitrogens with zero attached hydrogens (tertiary/aromatic N) is 2. The van der Waals surface area contributed by atoms with E-state index in [4.69, 9.17) is 4.74 Å². The molecule has 20 heavy (non-hydrogen) atoms. The van der Waals surface area contributed by atoms with Gasteiger partial charge in [0.2, 0.25) is 0 Å². The van der Waals surface area contributed by atoms with Crippen LogP contribution in [-0.2, 0) is 4.74 Å². The molecule has 1 aliphatic rings. The summed E-state index contributed by atoms with van der Waals surface area (Å²) in [6, 6.07) is 7.67. The van der Waals surface area contributed by atoms with E-state index in [0.29, 0.717) is 18.7 Å². The summed E-state index contributed by atoms with van der Waals surface area (Å²) in [7, 11) is 5.76. The molecule has 5 nitrogen and oxygen atoms in total. The fraction of sp³-hybridized carbons (Fsp3) is 0.533. The number of hydrogen-bond donors (Lipinski definition) is 1. The van der Waals surface area contributed by atoms with Crippen LogP contribution in [0.1, 0.15) is 10.4 Å². The first-order valence-corrected chi connectivity index (χ1v) is 6.93. The summed E-state index contributed by atoms with van der Waals surface area (Å²) in [5, 5.41) is 3.27. The molecule has 110 valence electrons. The molecule has 0 spiro atoms.